The molecule has 3 aliphatic rings. The summed E-state index contributed by atoms with van der Waals surface area (Å²) in [5.74, 6) is 0.735. The molecule has 1 aromatic carbocycles. The Kier molecular flexibility index (Phi) is 4.90. The summed E-state index contributed by atoms with van der Waals surface area (Å²) in [6.45, 7) is 2.67. The maximum atomic E-state index is 12.4. The second-order valence-electron chi connectivity index (χ2n) is 8.52. The van der Waals surface area contributed by atoms with Gasteiger partial charge in [-0.25, -0.2) is 9.78 Å². The van der Waals surface area contributed by atoms with Crippen molar-refractivity contribution in [3.63, 3.8) is 0 Å². The number of esters is 1. The van der Waals surface area contributed by atoms with Crippen LogP contribution < -0.4 is 10.6 Å². The van der Waals surface area contributed by atoms with Crippen LogP contribution in [0.25, 0.3) is 0 Å². The first-order valence-corrected chi connectivity index (χ1v) is 10.6. The zero-order valence-electron chi connectivity index (χ0n) is 16.9. The monoisotopic (exact) mass is 406 g/mol. The molecule has 0 radical (unpaired) electrons. The van der Waals surface area contributed by atoms with Crippen molar-refractivity contribution in [2.75, 3.05) is 24.6 Å². The SMILES string of the molecule is NC(=O)C1C2Cc3cc(C(=O)OCC4CC4)cnc3N2CCN1Cc1ccccc1. The lowest BCUT2D eigenvalue weighted by atomic mass is 9.98. The molecule has 2 unspecified atom stereocenters. The molecule has 7 nitrogen and oxygen atoms in total. The summed E-state index contributed by atoms with van der Waals surface area (Å²) < 4.78 is 5.40. The Morgan fingerprint density at radius 1 is 1.17 bits per heavy atom. The van der Waals surface area contributed by atoms with E-state index in [1.165, 1.54) is 0 Å². The quantitative estimate of drug-likeness (QED) is 0.736. The number of nitrogens with two attached hydrogens (primary N) is 1. The molecule has 2 N–H and O–H groups in total. The van der Waals surface area contributed by atoms with Gasteiger partial charge >= 0.3 is 5.97 Å². The van der Waals surface area contributed by atoms with Gasteiger partial charge in [-0.3, -0.25) is 9.69 Å². The number of pyridine rings is 1. The third kappa shape index (κ3) is 3.65. The van der Waals surface area contributed by atoms with Gasteiger partial charge in [0.05, 0.1) is 18.2 Å². The Hall–Kier alpha value is -2.93. The average Bonchev–Trinajstić information content (AvgIpc) is 3.51. The van der Waals surface area contributed by atoms with E-state index in [4.69, 9.17) is 10.5 Å². The summed E-state index contributed by atoms with van der Waals surface area (Å²) in [5, 5.41) is 0. The largest absolute Gasteiger partial charge is 0.462 e. The summed E-state index contributed by atoms with van der Waals surface area (Å²) in [6.07, 6.45) is 4.51. The smallest absolute Gasteiger partial charge is 0.339 e. The number of ether oxygens (including phenoxy) is 1. The second-order valence-corrected chi connectivity index (χ2v) is 8.52. The number of primary amides is 1. The van der Waals surface area contributed by atoms with Crippen LogP contribution in [0.2, 0.25) is 0 Å². The molecule has 2 aromatic rings. The zero-order valence-corrected chi connectivity index (χ0v) is 16.9. The van der Waals surface area contributed by atoms with Crippen LogP contribution in [0, 0.1) is 5.92 Å². The van der Waals surface area contributed by atoms with Gasteiger partial charge in [-0.15, -0.1) is 0 Å². The normalized spacial score (nSPS) is 23.0. The predicted molar refractivity (Wildman–Crippen MR) is 112 cm³/mol. The summed E-state index contributed by atoms with van der Waals surface area (Å²) in [7, 11) is 0. The fraction of sp³-hybridized carbons (Fsp3) is 0.435. The fourth-order valence-corrected chi connectivity index (χ4v) is 4.61. The first kappa shape index (κ1) is 19.1. The number of anilines is 1. The number of piperazine rings is 1. The van der Waals surface area contributed by atoms with Crippen molar-refractivity contribution >= 4 is 17.7 Å². The van der Waals surface area contributed by atoms with Gasteiger partial charge in [-0.1, -0.05) is 30.3 Å². The standard InChI is InChI=1S/C23H26N4O3/c24-21(28)20-19-11-17-10-18(23(29)30-14-16-6-7-16)12-25-22(17)27(19)9-8-26(20)13-15-4-2-1-3-5-15/h1-5,10,12,16,19-20H,6-9,11,13-14H2,(H2,24,28). The van der Waals surface area contributed by atoms with Crippen LogP contribution in [0.3, 0.4) is 0 Å². The van der Waals surface area contributed by atoms with Crippen LogP contribution in [0.15, 0.2) is 42.6 Å². The van der Waals surface area contributed by atoms with Gasteiger partial charge in [0.1, 0.15) is 11.9 Å². The van der Waals surface area contributed by atoms with Crippen molar-refractivity contribution in [2.24, 2.45) is 11.7 Å². The number of benzene rings is 1. The Morgan fingerprint density at radius 2 is 1.97 bits per heavy atom. The van der Waals surface area contributed by atoms with Gasteiger partial charge in [0, 0.05) is 25.8 Å². The van der Waals surface area contributed by atoms with Crippen molar-refractivity contribution < 1.29 is 14.3 Å². The number of hydrogen-bond donors (Lipinski definition) is 1. The highest BCUT2D eigenvalue weighted by Crippen LogP contribution is 2.36. The van der Waals surface area contributed by atoms with Gasteiger partial charge in [0.25, 0.3) is 0 Å². The van der Waals surface area contributed by atoms with Crippen molar-refractivity contribution in [1.82, 2.24) is 9.88 Å². The molecule has 1 aromatic heterocycles. The number of hydrogen-bond acceptors (Lipinski definition) is 6. The van der Waals surface area contributed by atoms with Crippen LogP contribution in [-0.2, 0) is 22.5 Å². The summed E-state index contributed by atoms with van der Waals surface area (Å²) in [5.41, 5.74) is 8.47. The highest BCUT2D eigenvalue weighted by Gasteiger charge is 2.45. The molecule has 7 heteroatoms. The molecule has 156 valence electrons. The predicted octanol–water partition coefficient (Wildman–Crippen LogP) is 1.75. The summed E-state index contributed by atoms with van der Waals surface area (Å²) >= 11 is 0. The van der Waals surface area contributed by atoms with E-state index in [0.717, 1.165) is 42.9 Å². The second kappa shape index (κ2) is 7.72. The number of nitrogens with zero attached hydrogens (tertiary/aromatic N) is 3. The minimum atomic E-state index is -0.404. The Bertz CT molecular complexity index is 960. The third-order valence-electron chi connectivity index (χ3n) is 6.33. The lowest BCUT2D eigenvalue weighted by Crippen LogP contribution is -2.63. The topological polar surface area (TPSA) is 88.8 Å². The minimum Gasteiger partial charge on any atom is -0.462 e. The lowest BCUT2D eigenvalue weighted by Gasteiger charge is -2.43. The van der Waals surface area contributed by atoms with E-state index in [1.54, 1.807) is 6.20 Å². The third-order valence-corrected chi connectivity index (χ3v) is 6.33. The number of carbonyl (C=O) groups is 2. The van der Waals surface area contributed by atoms with E-state index in [1.807, 2.05) is 24.3 Å². The number of amides is 1. The van der Waals surface area contributed by atoms with E-state index in [-0.39, 0.29) is 17.9 Å². The number of fused-ring (bicyclic) bond motifs is 3. The summed E-state index contributed by atoms with van der Waals surface area (Å²) in [4.78, 5) is 33.7. The molecule has 2 aliphatic heterocycles. The Balaban J connectivity index is 1.34. The van der Waals surface area contributed by atoms with Gasteiger partial charge < -0.3 is 15.4 Å². The van der Waals surface area contributed by atoms with Crippen molar-refractivity contribution in [3.05, 3.63) is 59.3 Å². The fourth-order valence-electron chi connectivity index (χ4n) is 4.61. The van der Waals surface area contributed by atoms with Crippen molar-refractivity contribution in [3.8, 4) is 0 Å². The van der Waals surface area contributed by atoms with Crippen LogP contribution in [0.1, 0.15) is 34.3 Å². The van der Waals surface area contributed by atoms with Crippen LogP contribution in [0.5, 0.6) is 0 Å². The Labute approximate surface area is 175 Å². The first-order chi connectivity index (χ1) is 14.6. The Morgan fingerprint density at radius 3 is 2.70 bits per heavy atom. The molecule has 0 spiro atoms. The van der Waals surface area contributed by atoms with E-state index in [2.05, 4.69) is 26.9 Å². The van der Waals surface area contributed by atoms with E-state index in [0.29, 0.717) is 31.1 Å². The average molecular weight is 406 g/mol. The van der Waals surface area contributed by atoms with Crippen molar-refractivity contribution in [2.45, 2.75) is 37.9 Å². The van der Waals surface area contributed by atoms with Gasteiger partial charge in [0.15, 0.2) is 0 Å². The number of rotatable bonds is 6. The zero-order chi connectivity index (χ0) is 20.7. The molecule has 30 heavy (non-hydrogen) atoms. The molecule has 1 amide bonds. The molecule has 0 bridgehead atoms. The first-order valence-electron chi connectivity index (χ1n) is 10.6. The van der Waals surface area contributed by atoms with Crippen LogP contribution >= 0.6 is 0 Å². The molecule has 5 rings (SSSR count). The van der Waals surface area contributed by atoms with Gasteiger partial charge in [0.2, 0.25) is 5.91 Å². The van der Waals surface area contributed by atoms with Crippen LogP contribution in [-0.4, -0.2) is 53.5 Å². The lowest BCUT2D eigenvalue weighted by molar-refractivity contribution is -0.124. The van der Waals surface area contributed by atoms with Crippen LogP contribution in [0.4, 0.5) is 5.82 Å². The maximum Gasteiger partial charge on any atom is 0.339 e. The number of carbonyl (C=O) groups excluding carboxylic acids is 2. The highest BCUT2D eigenvalue weighted by molar-refractivity contribution is 5.90. The van der Waals surface area contributed by atoms with E-state index in [9.17, 15) is 9.59 Å². The van der Waals surface area contributed by atoms with E-state index >= 15 is 0 Å². The van der Waals surface area contributed by atoms with Gasteiger partial charge in [-0.2, -0.15) is 0 Å². The molecular weight excluding hydrogens is 380 g/mol. The highest BCUT2D eigenvalue weighted by atomic mass is 16.5. The molecule has 1 aliphatic carbocycles. The molecule has 1 saturated heterocycles. The number of aromatic nitrogens is 1. The molecular formula is C23H26N4O3. The van der Waals surface area contributed by atoms with Crippen molar-refractivity contribution in [1.29, 1.82) is 0 Å². The molecule has 3 heterocycles. The minimum absolute atomic E-state index is 0.0693. The molecule has 2 atom stereocenters. The molecule has 1 saturated carbocycles. The summed E-state index contributed by atoms with van der Waals surface area (Å²) in [6, 6.07) is 11.5. The maximum absolute atomic E-state index is 12.4. The van der Waals surface area contributed by atoms with E-state index < -0.39 is 6.04 Å². The molecule has 2 fully saturated rings. The van der Waals surface area contributed by atoms with Gasteiger partial charge in [-0.05, 0) is 42.4 Å².